The molecule has 4 nitrogen and oxygen atoms in total. The molecule has 0 atom stereocenters. The Morgan fingerprint density at radius 1 is 1.16 bits per heavy atom. The number of benzene rings is 1. The fourth-order valence-corrected chi connectivity index (χ4v) is 3.26. The molecule has 0 saturated carbocycles. The van der Waals surface area contributed by atoms with Crippen molar-refractivity contribution in [3.8, 4) is 0 Å². The molecule has 102 valence electrons. The van der Waals surface area contributed by atoms with Gasteiger partial charge >= 0.3 is 0 Å². The molecule has 1 fully saturated rings. The number of nitrogen functional groups attached to an aromatic ring is 1. The third-order valence-corrected chi connectivity index (χ3v) is 4.50. The lowest BCUT2D eigenvalue weighted by atomic mass is 10.1. The minimum Gasteiger partial charge on any atom is -0.369 e. The molecular weight excluding hydrogens is 351 g/mol. The number of nitrogens with zero attached hydrogens (tertiary/aromatic N) is 3. The van der Waals surface area contributed by atoms with E-state index < -0.39 is 0 Å². The van der Waals surface area contributed by atoms with Crippen LogP contribution in [0.15, 0.2) is 18.2 Å². The zero-order valence-electron chi connectivity index (χ0n) is 11.0. The standard InChI is InChI=1S/C14H19IN4/c15-11-4-5-13-12(10-11)17-14(16)19(13)9-8-18-6-2-1-3-7-18/h4-5,10H,1-3,6-9H2,(H2,16,17). The number of fused-ring (bicyclic) bond motifs is 1. The SMILES string of the molecule is Nc1nc2cc(I)ccc2n1CCN1CCCCC1. The van der Waals surface area contributed by atoms with Crippen LogP contribution >= 0.6 is 22.6 Å². The number of hydrogen-bond acceptors (Lipinski definition) is 3. The molecule has 0 radical (unpaired) electrons. The minimum atomic E-state index is 0.633. The van der Waals surface area contributed by atoms with Gasteiger partial charge in [0.15, 0.2) is 0 Å². The molecule has 0 aliphatic carbocycles. The Kier molecular flexibility index (Phi) is 3.93. The first-order chi connectivity index (χ1) is 9.24. The summed E-state index contributed by atoms with van der Waals surface area (Å²) in [6.07, 6.45) is 4.04. The normalized spacial score (nSPS) is 17.1. The maximum atomic E-state index is 6.05. The second kappa shape index (κ2) is 5.66. The molecule has 0 amide bonds. The average molecular weight is 370 g/mol. The van der Waals surface area contributed by atoms with E-state index in [9.17, 15) is 0 Å². The number of aromatic nitrogens is 2. The summed E-state index contributed by atoms with van der Waals surface area (Å²) in [6.45, 7) is 4.46. The zero-order chi connectivity index (χ0) is 13.2. The van der Waals surface area contributed by atoms with Crippen LogP contribution in [-0.2, 0) is 6.54 Å². The van der Waals surface area contributed by atoms with Crippen LogP contribution in [0, 0.1) is 3.57 Å². The van der Waals surface area contributed by atoms with Crippen LogP contribution in [0.4, 0.5) is 5.95 Å². The fraction of sp³-hybridized carbons (Fsp3) is 0.500. The van der Waals surface area contributed by atoms with Gasteiger partial charge < -0.3 is 15.2 Å². The van der Waals surface area contributed by atoms with Crippen molar-refractivity contribution < 1.29 is 0 Å². The summed E-state index contributed by atoms with van der Waals surface area (Å²) in [5, 5.41) is 0. The second-order valence-electron chi connectivity index (χ2n) is 5.16. The van der Waals surface area contributed by atoms with E-state index in [-0.39, 0.29) is 0 Å². The highest BCUT2D eigenvalue weighted by Crippen LogP contribution is 2.20. The van der Waals surface area contributed by atoms with Crippen LogP contribution in [0.2, 0.25) is 0 Å². The minimum absolute atomic E-state index is 0.633. The summed E-state index contributed by atoms with van der Waals surface area (Å²) >= 11 is 2.31. The van der Waals surface area contributed by atoms with Crippen LogP contribution < -0.4 is 5.73 Å². The summed E-state index contributed by atoms with van der Waals surface area (Å²) in [7, 11) is 0. The van der Waals surface area contributed by atoms with E-state index in [1.807, 2.05) is 0 Å². The third kappa shape index (κ3) is 2.86. The smallest absolute Gasteiger partial charge is 0.201 e. The van der Waals surface area contributed by atoms with Gasteiger partial charge in [0.05, 0.1) is 11.0 Å². The molecule has 19 heavy (non-hydrogen) atoms. The molecule has 0 bridgehead atoms. The van der Waals surface area contributed by atoms with E-state index >= 15 is 0 Å². The van der Waals surface area contributed by atoms with Crippen LogP contribution in [0.1, 0.15) is 19.3 Å². The maximum absolute atomic E-state index is 6.05. The number of hydrogen-bond donors (Lipinski definition) is 1. The van der Waals surface area contributed by atoms with Gasteiger partial charge in [0.1, 0.15) is 0 Å². The molecule has 1 aliphatic heterocycles. The molecule has 1 saturated heterocycles. The average Bonchev–Trinajstić information content (AvgIpc) is 2.72. The van der Waals surface area contributed by atoms with Crippen molar-refractivity contribution in [3.63, 3.8) is 0 Å². The molecule has 2 N–H and O–H groups in total. The molecule has 5 heteroatoms. The van der Waals surface area contributed by atoms with Crippen LogP contribution in [0.3, 0.4) is 0 Å². The summed E-state index contributed by atoms with van der Waals surface area (Å²) in [5.41, 5.74) is 8.20. The Morgan fingerprint density at radius 2 is 1.95 bits per heavy atom. The van der Waals surface area contributed by atoms with Crippen molar-refractivity contribution >= 4 is 39.6 Å². The summed E-state index contributed by atoms with van der Waals surface area (Å²) in [6, 6.07) is 6.32. The van der Waals surface area contributed by atoms with E-state index in [4.69, 9.17) is 5.73 Å². The highest BCUT2D eigenvalue weighted by Gasteiger charge is 2.12. The molecule has 2 heterocycles. The molecule has 1 aromatic heterocycles. The Bertz CT molecular complexity index is 572. The molecule has 0 unspecified atom stereocenters. The fourth-order valence-electron chi connectivity index (χ4n) is 2.78. The Hall–Kier alpha value is -0.820. The molecule has 0 spiro atoms. The quantitative estimate of drug-likeness (QED) is 0.846. The molecule has 1 aromatic carbocycles. The van der Waals surface area contributed by atoms with Gasteiger partial charge in [0.2, 0.25) is 5.95 Å². The second-order valence-corrected chi connectivity index (χ2v) is 6.40. The Labute approximate surface area is 127 Å². The molecule has 1 aliphatic rings. The van der Waals surface area contributed by atoms with Crippen molar-refractivity contribution in [2.45, 2.75) is 25.8 Å². The van der Waals surface area contributed by atoms with Crippen LogP contribution in [0.25, 0.3) is 11.0 Å². The van der Waals surface area contributed by atoms with Gasteiger partial charge in [-0.1, -0.05) is 6.42 Å². The Balaban J connectivity index is 1.78. The van der Waals surface area contributed by atoms with Crippen molar-refractivity contribution in [2.75, 3.05) is 25.4 Å². The predicted octanol–water partition coefficient (Wildman–Crippen LogP) is 2.71. The van der Waals surface area contributed by atoms with E-state index in [0.29, 0.717) is 5.95 Å². The molecule has 2 aromatic rings. The van der Waals surface area contributed by atoms with Crippen molar-refractivity contribution in [1.82, 2.24) is 14.5 Å². The molecule has 3 rings (SSSR count). The lowest BCUT2D eigenvalue weighted by Crippen LogP contribution is -2.32. The van der Waals surface area contributed by atoms with Gasteiger partial charge in [-0.15, -0.1) is 0 Å². The third-order valence-electron chi connectivity index (χ3n) is 3.83. The topological polar surface area (TPSA) is 47.1 Å². The monoisotopic (exact) mass is 370 g/mol. The Morgan fingerprint density at radius 3 is 2.74 bits per heavy atom. The number of imidazole rings is 1. The summed E-state index contributed by atoms with van der Waals surface area (Å²) in [4.78, 5) is 6.98. The number of nitrogens with two attached hydrogens (primary N) is 1. The van der Waals surface area contributed by atoms with Crippen molar-refractivity contribution in [3.05, 3.63) is 21.8 Å². The largest absolute Gasteiger partial charge is 0.369 e. The highest BCUT2D eigenvalue weighted by molar-refractivity contribution is 14.1. The van der Waals surface area contributed by atoms with Crippen molar-refractivity contribution in [2.24, 2.45) is 0 Å². The van der Waals surface area contributed by atoms with Gasteiger partial charge in [0.25, 0.3) is 0 Å². The van der Waals surface area contributed by atoms with Crippen LogP contribution in [-0.4, -0.2) is 34.1 Å². The lowest BCUT2D eigenvalue weighted by molar-refractivity contribution is 0.222. The van der Waals surface area contributed by atoms with E-state index in [2.05, 4.69) is 55.2 Å². The van der Waals surface area contributed by atoms with Crippen LogP contribution in [0.5, 0.6) is 0 Å². The summed E-state index contributed by atoms with van der Waals surface area (Å²) < 4.78 is 3.34. The highest BCUT2D eigenvalue weighted by atomic mass is 127. The van der Waals surface area contributed by atoms with Gasteiger partial charge in [-0.25, -0.2) is 4.98 Å². The van der Waals surface area contributed by atoms with E-state index in [1.54, 1.807) is 0 Å². The van der Waals surface area contributed by atoms with Gasteiger partial charge in [-0.2, -0.15) is 0 Å². The molecular formula is C14H19IN4. The zero-order valence-corrected chi connectivity index (χ0v) is 13.1. The number of likely N-dealkylation sites (tertiary alicyclic amines) is 1. The van der Waals surface area contributed by atoms with Crippen molar-refractivity contribution in [1.29, 1.82) is 0 Å². The van der Waals surface area contributed by atoms with Gasteiger partial charge in [-0.3, -0.25) is 0 Å². The maximum Gasteiger partial charge on any atom is 0.201 e. The number of anilines is 1. The van der Waals surface area contributed by atoms with Gasteiger partial charge in [-0.05, 0) is 66.7 Å². The van der Waals surface area contributed by atoms with E-state index in [0.717, 1.165) is 24.1 Å². The van der Waals surface area contributed by atoms with E-state index in [1.165, 1.54) is 35.9 Å². The first-order valence-electron chi connectivity index (χ1n) is 6.88. The first kappa shape index (κ1) is 13.2. The number of halogens is 1. The lowest BCUT2D eigenvalue weighted by Gasteiger charge is -2.26. The first-order valence-corrected chi connectivity index (χ1v) is 7.95. The number of piperidine rings is 1. The van der Waals surface area contributed by atoms with Gasteiger partial charge in [0, 0.05) is 16.7 Å². The summed E-state index contributed by atoms with van der Waals surface area (Å²) in [5.74, 6) is 0.633. The number of rotatable bonds is 3. The predicted molar refractivity (Wildman–Crippen MR) is 87.2 cm³/mol.